The van der Waals surface area contributed by atoms with Crippen molar-refractivity contribution in [3.8, 4) is 0 Å². The van der Waals surface area contributed by atoms with Crippen LogP contribution in [0.2, 0.25) is 0 Å². The van der Waals surface area contributed by atoms with Crippen LogP contribution >= 0.6 is 0 Å². The van der Waals surface area contributed by atoms with Crippen molar-refractivity contribution >= 4 is 11.4 Å². The van der Waals surface area contributed by atoms with Crippen LogP contribution in [0.25, 0.3) is 0 Å². The molecule has 1 rings (SSSR count). The summed E-state index contributed by atoms with van der Waals surface area (Å²) in [5.41, 5.74) is 3.70. The van der Waals surface area contributed by atoms with E-state index in [1.54, 1.807) is 0 Å². The zero-order valence-corrected chi connectivity index (χ0v) is 10.2. The van der Waals surface area contributed by atoms with Crippen LogP contribution in [0.15, 0.2) is 18.2 Å². The van der Waals surface area contributed by atoms with Crippen LogP contribution in [0.1, 0.15) is 19.4 Å². The molecule has 14 heavy (non-hydrogen) atoms. The molecule has 1 N–H and O–H groups in total. The Balaban J connectivity index is 0.000000791. The van der Waals surface area contributed by atoms with Gasteiger partial charge in [-0.2, -0.15) is 0 Å². The van der Waals surface area contributed by atoms with Crippen LogP contribution < -0.4 is 10.2 Å². The first-order chi connectivity index (χ1) is 6.65. The molecule has 0 aliphatic rings. The van der Waals surface area contributed by atoms with Gasteiger partial charge < -0.3 is 10.2 Å². The van der Waals surface area contributed by atoms with Gasteiger partial charge >= 0.3 is 0 Å². The highest BCUT2D eigenvalue weighted by molar-refractivity contribution is 5.70. The fourth-order valence-electron chi connectivity index (χ4n) is 1.22. The van der Waals surface area contributed by atoms with Gasteiger partial charge in [0.25, 0.3) is 0 Å². The molecule has 0 aromatic heterocycles. The molecule has 0 fully saturated rings. The van der Waals surface area contributed by atoms with Gasteiger partial charge in [0.1, 0.15) is 0 Å². The third-order valence-corrected chi connectivity index (χ3v) is 1.90. The number of rotatable bonds is 2. The van der Waals surface area contributed by atoms with Crippen molar-refractivity contribution in [3.05, 3.63) is 23.8 Å². The van der Waals surface area contributed by atoms with Crippen LogP contribution in [-0.4, -0.2) is 21.1 Å². The Morgan fingerprint density at radius 2 is 1.71 bits per heavy atom. The summed E-state index contributed by atoms with van der Waals surface area (Å²) >= 11 is 0. The predicted octanol–water partition coefficient (Wildman–Crippen LogP) is 3.13. The Morgan fingerprint density at radius 1 is 1.14 bits per heavy atom. The van der Waals surface area contributed by atoms with E-state index in [0.29, 0.717) is 0 Å². The van der Waals surface area contributed by atoms with E-state index in [2.05, 4.69) is 49.4 Å². The first-order valence-electron chi connectivity index (χ1n) is 5.11. The second-order valence-corrected chi connectivity index (χ2v) is 3.17. The normalized spacial score (nSPS) is 8.71. The third-order valence-electron chi connectivity index (χ3n) is 1.90. The summed E-state index contributed by atoms with van der Waals surface area (Å²) < 4.78 is 0. The number of aryl methyl sites for hydroxylation is 1. The number of benzene rings is 1. The van der Waals surface area contributed by atoms with Crippen molar-refractivity contribution < 1.29 is 0 Å². The Kier molecular flexibility index (Phi) is 5.77. The number of nitrogens with zero attached hydrogens (tertiary/aromatic N) is 1. The minimum absolute atomic E-state index is 1.17. The lowest BCUT2D eigenvalue weighted by atomic mass is 10.2. The lowest BCUT2D eigenvalue weighted by Crippen LogP contribution is -2.11. The lowest BCUT2D eigenvalue weighted by Gasteiger charge is -2.17. The number of hydrogen-bond donors (Lipinski definition) is 1. The summed E-state index contributed by atoms with van der Waals surface area (Å²) in [6.45, 7) is 6.10. The quantitative estimate of drug-likeness (QED) is 0.778. The smallest absolute Gasteiger partial charge is 0.0599 e. The topological polar surface area (TPSA) is 15.3 Å². The molecule has 0 radical (unpaired) electrons. The lowest BCUT2D eigenvalue weighted by molar-refractivity contribution is 1.13. The van der Waals surface area contributed by atoms with E-state index >= 15 is 0 Å². The SMILES string of the molecule is CC.CNc1ccc(C)cc1N(C)C. The molecule has 0 unspecified atom stereocenters. The van der Waals surface area contributed by atoms with Gasteiger partial charge in [-0.1, -0.05) is 19.9 Å². The molecule has 0 amide bonds. The highest BCUT2D eigenvalue weighted by atomic mass is 15.1. The van der Waals surface area contributed by atoms with Gasteiger partial charge in [-0.3, -0.25) is 0 Å². The van der Waals surface area contributed by atoms with E-state index in [9.17, 15) is 0 Å². The van der Waals surface area contributed by atoms with Crippen molar-refractivity contribution in [2.75, 3.05) is 31.4 Å². The van der Waals surface area contributed by atoms with Gasteiger partial charge in [0, 0.05) is 21.1 Å². The second kappa shape index (κ2) is 6.30. The van der Waals surface area contributed by atoms with Gasteiger partial charge in [0.15, 0.2) is 0 Å². The maximum absolute atomic E-state index is 3.16. The maximum atomic E-state index is 3.16. The summed E-state index contributed by atoms with van der Waals surface area (Å²) in [5, 5.41) is 3.16. The first-order valence-corrected chi connectivity index (χ1v) is 5.11. The highest BCUT2D eigenvalue weighted by Crippen LogP contribution is 2.24. The molecular weight excluding hydrogens is 172 g/mol. The average molecular weight is 194 g/mol. The van der Waals surface area contributed by atoms with Gasteiger partial charge in [0.2, 0.25) is 0 Å². The Bertz CT molecular complexity index is 267. The van der Waals surface area contributed by atoms with E-state index in [1.165, 1.54) is 16.9 Å². The maximum Gasteiger partial charge on any atom is 0.0599 e. The van der Waals surface area contributed by atoms with E-state index in [-0.39, 0.29) is 0 Å². The van der Waals surface area contributed by atoms with Crippen molar-refractivity contribution in [1.82, 2.24) is 0 Å². The summed E-state index contributed by atoms with van der Waals surface area (Å²) in [7, 11) is 6.04. The van der Waals surface area contributed by atoms with Gasteiger partial charge in [-0.25, -0.2) is 0 Å². The van der Waals surface area contributed by atoms with Gasteiger partial charge in [-0.05, 0) is 24.6 Å². The Morgan fingerprint density at radius 3 is 2.14 bits per heavy atom. The summed E-state index contributed by atoms with van der Waals surface area (Å²) in [6.07, 6.45) is 0. The first kappa shape index (κ1) is 12.8. The number of hydrogen-bond acceptors (Lipinski definition) is 2. The van der Waals surface area contributed by atoms with E-state index in [1.807, 2.05) is 20.9 Å². The summed E-state index contributed by atoms with van der Waals surface area (Å²) in [4.78, 5) is 2.11. The Labute approximate surface area is 87.9 Å². The Hall–Kier alpha value is -1.18. The molecule has 0 heterocycles. The molecule has 2 heteroatoms. The standard InChI is InChI=1S/C10H16N2.C2H6/c1-8-5-6-9(11-2)10(7-8)12(3)4;1-2/h5-7,11H,1-4H3;1-2H3. The number of nitrogens with one attached hydrogen (secondary N) is 1. The fraction of sp³-hybridized carbons (Fsp3) is 0.500. The van der Waals surface area contributed by atoms with E-state index < -0.39 is 0 Å². The minimum Gasteiger partial charge on any atom is -0.386 e. The predicted molar refractivity (Wildman–Crippen MR) is 66.4 cm³/mol. The molecule has 0 bridgehead atoms. The molecule has 80 valence electrons. The molecule has 0 atom stereocenters. The molecule has 1 aromatic carbocycles. The summed E-state index contributed by atoms with van der Waals surface area (Å²) in [6, 6.07) is 6.38. The molecule has 0 aliphatic carbocycles. The molecule has 0 saturated carbocycles. The van der Waals surface area contributed by atoms with Gasteiger partial charge in [-0.15, -0.1) is 0 Å². The van der Waals surface area contributed by atoms with Crippen molar-refractivity contribution in [1.29, 1.82) is 0 Å². The zero-order chi connectivity index (χ0) is 11.1. The van der Waals surface area contributed by atoms with Crippen molar-refractivity contribution in [2.45, 2.75) is 20.8 Å². The fourth-order valence-corrected chi connectivity index (χ4v) is 1.22. The van der Waals surface area contributed by atoms with Crippen molar-refractivity contribution in [3.63, 3.8) is 0 Å². The third kappa shape index (κ3) is 3.29. The highest BCUT2D eigenvalue weighted by Gasteiger charge is 2.01. The van der Waals surface area contributed by atoms with Crippen molar-refractivity contribution in [2.24, 2.45) is 0 Å². The summed E-state index contributed by atoms with van der Waals surface area (Å²) in [5.74, 6) is 0. The molecule has 0 aliphatic heterocycles. The van der Waals surface area contributed by atoms with Crippen LogP contribution in [0.3, 0.4) is 0 Å². The minimum atomic E-state index is 1.17. The molecule has 2 nitrogen and oxygen atoms in total. The van der Waals surface area contributed by atoms with E-state index in [4.69, 9.17) is 0 Å². The molecule has 0 spiro atoms. The average Bonchev–Trinajstić information content (AvgIpc) is 2.20. The van der Waals surface area contributed by atoms with Crippen LogP contribution in [0.5, 0.6) is 0 Å². The molecule has 0 saturated heterocycles. The second-order valence-electron chi connectivity index (χ2n) is 3.17. The number of anilines is 2. The van der Waals surface area contributed by atoms with Crippen LogP contribution in [-0.2, 0) is 0 Å². The molecular formula is C12H22N2. The van der Waals surface area contributed by atoms with Gasteiger partial charge in [0.05, 0.1) is 11.4 Å². The monoisotopic (exact) mass is 194 g/mol. The van der Waals surface area contributed by atoms with Crippen LogP contribution in [0, 0.1) is 6.92 Å². The molecule has 1 aromatic rings. The van der Waals surface area contributed by atoms with E-state index in [0.717, 1.165) is 0 Å². The largest absolute Gasteiger partial charge is 0.386 e. The zero-order valence-electron chi connectivity index (χ0n) is 10.2. The van der Waals surface area contributed by atoms with Crippen LogP contribution in [0.4, 0.5) is 11.4 Å².